The Morgan fingerprint density at radius 3 is 2.79 bits per heavy atom. The van der Waals surface area contributed by atoms with Crippen LogP contribution in [0.25, 0.3) is 0 Å². The maximum atomic E-state index is 6.23. The van der Waals surface area contributed by atoms with E-state index in [4.69, 9.17) is 23.2 Å². The van der Waals surface area contributed by atoms with Gasteiger partial charge in [0.1, 0.15) is 0 Å². The van der Waals surface area contributed by atoms with E-state index in [2.05, 4.69) is 18.3 Å². The summed E-state index contributed by atoms with van der Waals surface area (Å²) in [6.45, 7) is 3.14. The minimum absolute atomic E-state index is 0.574. The lowest BCUT2D eigenvalue weighted by molar-refractivity contribution is 0.259. The molecule has 1 N–H and O–H groups in total. The Bertz CT molecular complexity index is 460. The molecule has 0 radical (unpaired) electrons. The van der Waals surface area contributed by atoms with Crippen LogP contribution < -0.4 is 5.32 Å². The summed E-state index contributed by atoms with van der Waals surface area (Å²) in [5, 5.41) is 4.99. The third kappa shape index (κ3) is 2.79. The highest BCUT2D eigenvalue weighted by Gasteiger charge is 2.41. The van der Waals surface area contributed by atoms with Gasteiger partial charge in [-0.05, 0) is 55.6 Å². The zero-order valence-corrected chi connectivity index (χ0v) is 12.8. The summed E-state index contributed by atoms with van der Waals surface area (Å²) in [7, 11) is 0. The maximum Gasteiger partial charge on any atom is 0.0637 e. The molecule has 3 heteroatoms. The van der Waals surface area contributed by atoms with Gasteiger partial charge in [-0.2, -0.15) is 0 Å². The molecule has 0 aromatic heterocycles. The minimum atomic E-state index is 0.574. The van der Waals surface area contributed by atoms with Gasteiger partial charge in [-0.25, -0.2) is 0 Å². The first-order valence-electron chi connectivity index (χ1n) is 7.31. The van der Waals surface area contributed by atoms with E-state index < -0.39 is 0 Å². The normalized spacial score (nSPS) is 30.8. The highest BCUT2D eigenvalue weighted by atomic mass is 35.5. The van der Waals surface area contributed by atoms with E-state index in [1.807, 2.05) is 12.1 Å². The largest absolute Gasteiger partial charge is 0.310 e. The third-order valence-corrected chi connectivity index (χ3v) is 5.94. The highest BCUT2D eigenvalue weighted by Crippen LogP contribution is 2.49. The molecule has 2 bridgehead atoms. The van der Waals surface area contributed by atoms with Crippen molar-refractivity contribution in [1.29, 1.82) is 0 Å². The van der Waals surface area contributed by atoms with Crippen LogP contribution in [0.2, 0.25) is 10.0 Å². The highest BCUT2D eigenvalue weighted by molar-refractivity contribution is 6.42. The van der Waals surface area contributed by atoms with Crippen molar-refractivity contribution in [3.8, 4) is 0 Å². The first-order valence-corrected chi connectivity index (χ1v) is 8.07. The standard InChI is InChI=1S/C16H21Cl2N/c1-10(14-8-11-5-6-12(14)7-11)19-9-13-3-2-4-15(17)16(13)18/h2-4,10-12,14,19H,5-9H2,1H3. The van der Waals surface area contributed by atoms with Gasteiger partial charge in [0, 0.05) is 12.6 Å². The molecule has 4 unspecified atom stereocenters. The van der Waals surface area contributed by atoms with Gasteiger partial charge in [0.05, 0.1) is 10.0 Å². The molecule has 0 aliphatic heterocycles. The fourth-order valence-electron chi connectivity index (χ4n) is 4.01. The molecule has 0 saturated heterocycles. The molecule has 2 aliphatic carbocycles. The fourth-order valence-corrected chi connectivity index (χ4v) is 4.40. The Balaban J connectivity index is 1.58. The number of fused-ring (bicyclic) bond motifs is 2. The van der Waals surface area contributed by atoms with E-state index in [0.29, 0.717) is 16.1 Å². The number of benzene rings is 1. The zero-order chi connectivity index (χ0) is 13.4. The van der Waals surface area contributed by atoms with E-state index in [-0.39, 0.29) is 0 Å². The van der Waals surface area contributed by atoms with Crippen molar-refractivity contribution in [3.63, 3.8) is 0 Å². The summed E-state index contributed by atoms with van der Waals surface area (Å²) in [6.07, 6.45) is 5.80. The maximum absolute atomic E-state index is 6.23. The van der Waals surface area contributed by atoms with Gasteiger partial charge in [-0.3, -0.25) is 0 Å². The molecule has 104 valence electrons. The second kappa shape index (κ2) is 5.63. The van der Waals surface area contributed by atoms with Gasteiger partial charge >= 0.3 is 0 Å². The van der Waals surface area contributed by atoms with E-state index >= 15 is 0 Å². The first-order chi connectivity index (χ1) is 9.15. The molecule has 2 saturated carbocycles. The van der Waals surface area contributed by atoms with E-state index in [1.165, 1.54) is 25.7 Å². The molecule has 0 heterocycles. The Labute approximate surface area is 125 Å². The lowest BCUT2D eigenvalue weighted by atomic mass is 9.84. The molecule has 2 aliphatic rings. The third-order valence-electron chi connectivity index (χ3n) is 5.08. The predicted molar refractivity (Wildman–Crippen MR) is 81.7 cm³/mol. The average Bonchev–Trinajstić information content (AvgIpc) is 3.02. The van der Waals surface area contributed by atoms with Crippen LogP contribution in [-0.4, -0.2) is 6.04 Å². The van der Waals surface area contributed by atoms with Crippen molar-refractivity contribution in [2.24, 2.45) is 17.8 Å². The van der Waals surface area contributed by atoms with Crippen LogP contribution >= 0.6 is 23.2 Å². The topological polar surface area (TPSA) is 12.0 Å². The minimum Gasteiger partial charge on any atom is -0.310 e. The van der Waals surface area contributed by atoms with Gasteiger partial charge in [-0.1, -0.05) is 41.8 Å². The van der Waals surface area contributed by atoms with Crippen molar-refractivity contribution < 1.29 is 0 Å². The molecule has 1 aromatic rings. The van der Waals surface area contributed by atoms with Gasteiger partial charge in [0.25, 0.3) is 0 Å². The summed E-state index contributed by atoms with van der Waals surface area (Å²) >= 11 is 12.3. The Hall–Kier alpha value is -0.240. The van der Waals surface area contributed by atoms with Crippen LogP contribution in [-0.2, 0) is 6.54 Å². The van der Waals surface area contributed by atoms with Crippen LogP contribution in [0.4, 0.5) is 0 Å². The quantitative estimate of drug-likeness (QED) is 0.833. The summed E-state index contributed by atoms with van der Waals surface area (Å²) in [5.74, 6) is 2.83. The first kappa shape index (κ1) is 13.7. The lowest BCUT2D eigenvalue weighted by Crippen LogP contribution is -2.35. The number of halogens is 2. The van der Waals surface area contributed by atoms with Gasteiger partial charge in [-0.15, -0.1) is 0 Å². The molecule has 19 heavy (non-hydrogen) atoms. The Kier molecular flexibility index (Phi) is 4.07. The summed E-state index contributed by atoms with van der Waals surface area (Å²) in [5.41, 5.74) is 1.10. The van der Waals surface area contributed by atoms with Crippen molar-refractivity contribution in [1.82, 2.24) is 5.32 Å². The molecule has 0 spiro atoms. The van der Waals surface area contributed by atoms with Crippen LogP contribution in [0.15, 0.2) is 18.2 Å². The molecular weight excluding hydrogens is 277 g/mol. The molecular formula is C16H21Cl2N. The van der Waals surface area contributed by atoms with Crippen LogP contribution in [0, 0.1) is 17.8 Å². The Morgan fingerprint density at radius 2 is 2.11 bits per heavy atom. The van der Waals surface area contributed by atoms with Crippen molar-refractivity contribution >= 4 is 23.2 Å². The molecule has 3 rings (SSSR count). The fraction of sp³-hybridized carbons (Fsp3) is 0.625. The lowest BCUT2D eigenvalue weighted by Gasteiger charge is -2.28. The molecule has 4 atom stereocenters. The molecule has 1 aromatic carbocycles. The average molecular weight is 298 g/mol. The second-order valence-corrected chi connectivity index (χ2v) is 7.01. The second-order valence-electron chi connectivity index (χ2n) is 6.22. The zero-order valence-electron chi connectivity index (χ0n) is 11.3. The molecule has 1 nitrogen and oxygen atoms in total. The van der Waals surface area contributed by atoms with Crippen LogP contribution in [0.5, 0.6) is 0 Å². The number of hydrogen-bond donors (Lipinski definition) is 1. The van der Waals surface area contributed by atoms with Gasteiger partial charge in [0.15, 0.2) is 0 Å². The number of rotatable bonds is 4. The van der Waals surface area contributed by atoms with E-state index in [9.17, 15) is 0 Å². The van der Waals surface area contributed by atoms with Gasteiger partial charge < -0.3 is 5.32 Å². The van der Waals surface area contributed by atoms with Crippen LogP contribution in [0.3, 0.4) is 0 Å². The summed E-state index contributed by atoms with van der Waals surface area (Å²) in [4.78, 5) is 0. The monoisotopic (exact) mass is 297 g/mol. The van der Waals surface area contributed by atoms with Crippen molar-refractivity contribution in [2.45, 2.75) is 45.2 Å². The van der Waals surface area contributed by atoms with Crippen LogP contribution in [0.1, 0.15) is 38.2 Å². The van der Waals surface area contributed by atoms with E-state index in [1.54, 1.807) is 0 Å². The van der Waals surface area contributed by atoms with Crippen molar-refractivity contribution in [3.05, 3.63) is 33.8 Å². The van der Waals surface area contributed by atoms with Crippen molar-refractivity contribution in [2.75, 3.05) is 0 Å². The number of nitrogens with one attached hydrogen (secondary N) is 1. The Morgan fingerprint density at radius 1 is 1.26 bits per heavy atom. The van der Waals surface area contributed by atoms with Gasteiger partial charge in [0.2, 0.25) is 0 Å². The summed E-state index contributed by atoms with van der Waals surface area (Å²) in [6, 6.07) is 6.43. The summed E-state index contributed by atoms with van der Waals surface area (Å²) < 4.78 is 0. The molecule has 0 amide bonds. The number of hydrogen-bond acceptors (Lipinski definition) is 1. The SMILES string of the molecule is CC(NCc1cccc(Cl)c1Cl)C1CC2CCC1C2. The van der Waals surface area contributed by atoms with E-state index in [0.717, 1.165) is 29.9 Å². The smallest absolute Gasteiger partial charge is 0.0637 e. The molecule has 2 fully saturated rings. The predicted octanol–water partition coefficient (Wildman–Crippen LogP) is 4.91.